The Morgan fingerprint density at radius 2 is 1.83 bits per heavy atom. The summed E-state index contributed by atoms with van der Waals surface area (Å²) in [6.45, 7) is 11.8. The summed E-state index contributed by atoms with van der Waals surface area (Å²) in [6, 6.07) is 1.25. The lowest BCUT2D eigenvalue weighted by molar-refractivity contribution is 0.0487. The number of rotatable bonds is 14. The van der Waals surface area contributed by atoms with E-state index in [2.05, 4.69) is 48.3 Å². The highest BCUT2D eigenvalue weighted by Crippen LogP contribution is 2.26. The van der Waals surface area contributed by atoms with Crippen LogP contribution in [0.4, 0.5) is 0 Å². The van der Waals surface area contributed by atoms with Crippen LogP contribution >= 0.6 is 0 Å². The molecule has 0 spiro atoms. The van der Waals surface area contributed by atoms with E-state index in [0.717, 1.165) is 44.7 Å². The van der Waals surface area contributed by atoms with Crippen LogP contribution in [0.2, 0.25) is 0 Å². The van der Waals surface area contributed by atoms with E-state index in [1.54, 1.807) is 0 Å². The number of hydrogen-bond donors (Lipinski definition) is 2. The number of nitrogens with zero attached hydrogens (tertiary/aromatic N) is 2. The fourth-order valence-corrected chi connectivity index (χ4v) is 2.35. The molecule has 142 valence electrons. The van der Waals surface area contributed by atoms with Crippen LogP contribution in [0.3, 0.4) is 0 Å². The highest BCUT2D eigenvalue weighted by molar-refractivity contribution is 5.79. The molecule has 0 bridgehead atoms. The average Bonchev–Trinajstić information content (AvgIpc) is 3.42. The molecule has 6 nitrogen and oxygen atoms in total. The van der Waals surface area contributed by atoms with Gasteiger partial charge in [-0.25, -0.2) is 0 Å². The zero-order valence-corrected chi connectivity index (χ0v) is 16.1. The molecule has 1 rings (SSSR count). The van der Waals surface area contributed by atoms with Crippen molar-refractivity contribution in [1.82, 2.24) is 15.5 Å². The van der Waals surface area contributed by atoms with Gasteiger partial charge in [0.2, 0.25) is 0 Å². The monoisotopic (exact) mass is 342 g/mol. The van der Waals surface area contributed by atoms with Crippen LogP contribution in [0.15, 0.2) is 4.99 Å². The maximum absolute atomic E-state index is 5.57. The second kappa shape index (κ2) is 13.4. The molecule has 1 aliphatic rings. The molecule has 1 aliphatic carbocycles. The molecule has 0 aromatic rings. The largest absolute Gasteiger partial charge is 0.379 e. The Bertz CT molecular complexity index is 335. The van der Waals surface area contributed by atoms with E-state index >= 15 is 0 Å². The second-order valence-corrected chi connectivity index (χ2v) is 6.47. The van der Waals surface area contributed by atoms with Gasteiger partial charge >= 0.3 is 0 Å². The minimum Gasteiger partial charge on any atom is -0.379 e. The maximum Gasteiger partial charge on any atom is 0.191 e. The molecule has 1 saturated carbocycles. The van der Waals surface area contributed by atoms with Gasteiger partial charge in [0.05, 0.1) is 26.4 Å². The summed E-state index contributed by atoms with van der Waals surface area (Å²) in [5.74, 6) is 0.872. The Morgan fingerprint density at radius 1 is 1.12 bits per heavy atom. The SMILES string of the molecule is CCCCOCCOCCNC(=NCC(C)N(C)C1CC1)NCC. The van der Waals surface area contributed by atoms with Gasteiger partial charge in [-0.3, -0.25) is 9.89 Å². The summed E-state index contributed by atoms with van der Waals surface area (Å²) >= 11 is 0. The molecule has 0 aromatic carbocycles. The molecule has 6 heteroatoms. The molecule has 0 saturated heterocycles. The number of nitrogens with one attached hydrogen (secondary N) is 2. The number of hydrogen-bond acceptors (Lipinski definition) is 4. The Kier molecular flexibility index (Phi) is 11.9. The van der Waals surface area contributed by atoms with Crippen LogP contribution in [0.25, 0.3) is 0 Å². The van der Waals surface area contributed by atoms with Crippen molar-refractivity contribution >= 4 is 5.96 Å². The molecule has 1 fully saturated rings. The van der Waals surface area contributed by atoms with Crippen molar-refractivity contribution in [1.29, 1.82) is 0 Å². The fourth-order valence-electron chi connectivity index (χ4n) is 2.35. The highest BCUT2D eigenvalue weighted by Gasteiger charge is 2.28. The summed E-state index contributed by atoms with van der Waals surface area (Å²) in [7, 11) is 2.20. The number of ether oxygens (including phenoxy) is 2. The molecule has 0 amide bonds. The van der Waals surface area contributed by atoms with Crippen molar-refractivity contribution in [2.45, 2.75) is 58.5 Å². The van der Waals surface area contributed by atoms with Gasteiger partial charge < -0.3 is 20.1 Å². The van der Waals surface area contributed by atoms with Gasteiger partial charge in [0.25, 0.3) is 0 Å². The van der Waals surface area contributed by atoms with Gasteiger partial charge in [-0.1, -0.05) is 13.3 Å². The van der Waals surface area contributed by atoms with Crippen LogP contribution in [-0.4, -0.2) is 76.1 Å². The third-order valence-electron chi connectivity index (χ3n) is 4.23. The molecule has 24 heavy (non-hydrogen) atoms. The van der Waals surface area contributed by atoms with E-state index in [1.165, 1.54) is 19.3 Å². The smallest absolute Gasteiger partial charge is 0.191 e. The Balaban J connectivity index is 2.10. The van der Waals surface area contributed by atoms with Crippen molar-refractivity contribution in [3.63, 3.8) is 0 Å². The quantitative estimate of drug-likeness (QED) is 0.287. The summed E-state index contributed by atoms with van der Waals surface area (Å²) in [4.78, 5) is 7.12. The van der Waals surface area contributed by atoms with Crippen molar-refractivity contribution in [3.8, 4) is 0 Å². The molecule has 1 unspecified atom stereocenters. The number of guanidine groups is 1. The lowest BCUT2D eigenvalue weighted by atomic mass is 10.3. The number of likely N-dealkylation sites (N-methyl/N-ethyl adjacent to an activating group) is 1. The van der Waals surface area contributed by atoms with E-state index in [9.17, 15) is 0 Å². The zero-order valence-electron chi connectivity index (χ0n) is 16.1. The maximum atomic E-state index is 5.57. The van der Waals surface area contributed by atoms with Gasteiger partial charge in [0.15, 0.2) is 5.96 Å². The summed E-state index contributed by atoms with van der Waals surface area (Å²) in [6.07, 6.45) is 4.97. The molecule has 2 N–H and O–H groups in total. The molecule has 0 aliphatic heterocycles. The van der Waals surface area contributed by atoms with E-state index in [-0.39, 0.29) is 0 Å². The van der Waals surface area contributed by atoms with E-state index in [1.807, 2.05) is 0 Å². The molecule has 0 heterocycles. The van der Waals surface area contributed by atoms with Crippen molar-refractivity contribution in [2.75, 3.05) is 53.1 Å². The first kappa shape index (κ1) is 21.2. The third kappa shape index (κ3) is 10.1. The summed E-state index contributed by atoms with van der Waals surface area (Å²) in [5, 5.41) is 6.61. The highest BCUT2D eigenvalue weighted by atomic mass is 16.5. The molecule has 1 atom stereocenters. The Labute approximate surface area is 148 Å². The van der Waals surface area contributed by atoms with E-state index in [0.29, 0.717) is 25.9 Å². The first-order valence-electron chi connectivity index (χ1n) is 9.58. The zero-order chi connectivity index (χ0) is 17.6. The predicted octanol–water partition coefficient (Wildman–Crippen LogP) is 1.86. The van der Waals surface area contributed by atoms with Gasteiger partial charge in [0, 0.05) is 31.8 Å². The molecule has 0 radical (unpaired) electrons. The van der Waals surface area contributed by atoms with Crippen molar-refractivity contribution in [2.24, 2.45) is 4.99 Å². The van der Waals surface area contributed by atoms with Gasteiger partial charge in [0.1, 0.15) is 0 Å². The lowest BCUT2D eigenvalue weighted by Gasteiger charge is -2.23. The minimum atomic E-state index is 0.476. The van der Waals surface area contributed by atoms with Crippen LogP contribution in [0.5, 0.6) is 0 Å². The Hall–Kier alpha value is -0.850. The lowest BCUT2D eigenvalue weighted by Crippen LogP contribution is -2.40. The first-order chi connectivity index (χ1) is 11.7. The minimum absolute atomic E-state index is 0.476. The normalized spacial score (nSPS) is 16.5. The van der Waals surface area contributed by atoms with E-state index < -0.39 is 0 Å². The summed E-state index contributed by atoms with van der Waals surface area (Å²) < 4.78 is 11.0. The van der Waals surface area contributed by atoms with Crippen molar-refractivity contribution < 1.29 is 9.47 Å². The summed E-state index contributed by atoms with van der Waals surface area (Å²) in [5.41, 5.74) is 0. The van der Waals surface area contributed by atoms with Crippen LogP contribution in [-0.2, 0) is 9.47 Å². The number of aliphatic imine (C=N–C) groups is 1. The van der Waals surface area contributed by atoms with Gasteiger partial charge in [-0.05, 0) is 40.2 Å². The third-order valence-corrected chi connectivity index (χ3v) is 4.23. The molecular formula is C18H38N4O2. The average molecular weight is 343 g/mol. The molecular weight excluding hydrogens is 304 g/mol. The van der Waals surface area contributed by atoms with Gasteiger partial charge in [-0.2, -0.15) is 0 Å². The molecule has 0 aromatic heterocycles. The standard InChI is InChI=1S/C18H38N4O2/c1-5-7-11-23-13-14-24-12-10-20-18(19-6-2)21-15-16(3)22(4)17-8-9-17/h16-17H,5-15H2,1-4H3,(H2,19,20,21). The topological polar surface area (TPSA) is 58.1 Å². The van der Waals surface area contributed by atoms with Crippen LogP contribution in [0, 0.1) is 0 Å². The van der Waals surface area contributed by atoms with Crippen LogP contribution < -0.4 is 10.6 Å². The van der Waals surface area contributed by atoms with Gasteiger partial charge in [-0.15, -0.1) is 0 Å². The van der Waals surface area contributed by atoms with Crippen molar-refractivity contribution in [3.05, 3.63) is 0 Å². The Morgan fingerprint density at radius 3 is 2.46 bits per heavy atom. The number of unbranched alkanes of at least 4 members (excludes halogenated alkanes) is 1. The second-order valence-electron chi connectivity index (χ2n) is 6.47. The fraction of sp³-hybridized carbons (Fsp3) is 0.944. The van der Waals surface area contributed by atoms with Crippen LogP contribution in [0.1, 0.15) is 46.5 Å². The first-order valence-corrected chi connectivity index (χ1v) is 9.58. The van der Waals surface area contributed by atoms with E-state index in [4.69, 9.17) is 9.47 Å². The predicted molar refractivity (Wildman–Crippen MR) is 101 cm³/mol.